The summed E-state index contributed by atoms with van der Waals surface area (Å²) in [7, 11) is 1.70. The van der Waals surface area contributed by atoms with Crippen molar-refractivity contribution in [2.75, 3.05) is 13.7 Å². The first-order valence-electron chi connectivity index (χ1n) is 11.2. The van der Waals surface area contributed by atoms with Crippen molar-refractivity contribution >= 4 is 28.1 Å². The molecule has 1 atom stereocenters. The van der Waals surface area contributed by atoms with E-state index < -0.39 is 0 Å². The second-order valence-corrected chi connectivity index (χ2v) is 9.50. The molecular weight excluding hydrogens is 416 g/mol. The van der Waals surface area contributed by atoms with Crippen LogP contribution in [0.1, 0.15) is 46.1 Å². The Balaban J connectivity index is 1.49. The lowest BCUT2D eigenvalue weighted by molar-refractivity contribution is -0.133. The minimum Gasteiger partial charge on any atom is -0.496 e. The van der Waals surface area contributed by atoms with Gasteiger partial charge in [0, 0.05) is 34.4 Å². The maximum Gasteiger partial charge on any atom is 0.223 e. The van der Waals surface area contributed by atoms with Crippen LogP contribution in [0.15, 0.2) is 60.0 Å². The zero-order valence-corrected chi connectivity index (χ0v) is 19.4. The van der Waals surface area contributed by atoms with Crippen LogP contribution in [0.5, 0.6) is 5.75 Å². The second kappa shape index (κ2) is 8.83. The molecule has 1 N–H and O–H groups in total. The molecule has 3 heterocycles. The Morgan fingerprint density at radius 3 is 2.84 bits per heavy atom. The number of nitrogens with one attached hydrogen (secondary N) is 1. The van der Waals surface area contributed by atoms with E-state index in [-0.39, 0.29) is 11.9 Å². The molecule has 0 fully saturated rings. The molecule has 2 aromatic carbocycles. The standard InChI is InChI=1S/C27H28N2O2S/c1-18-17-19(12-13-24(18)31-2)27-26-22(21-9-3-4-10-23(21)28-26)14-15-29(27)25(30)11-5-7-20-8-6-16-32-20/h3-4,6,8-10,12-13,16-17,27-28H,5,7,11,14-15H2,1-2H3/t27-/m1/s1. The number of para-hydroxylation sites is 1. The maximum atomic E-state index is 13.4. The lowest BCUT2D eigenvalue weighted by Gasteiger charge is -2.36. The van der Waals surface area contributed by atoms with Crippen molar-refractivity contribution in [1.82, 2.24) is 9.88 Å². The number of nitrogens with zero attached hydrogens (tertiary/aromatic N) is 1. The van der Waals surface area contributed by atoms with E-state index in [2.05, 4.69) is 70.7 Å². The van der Waals surface area contributed by atoms with E-state index in [4.69, 9.17) is 4.74 Å². The summed E-state index contributed by atoms with van der Waals surface area (Å²) in [5, 5.41) is 3.36. The minimum absolute atomic E-state index is 0.106. The van der Waals surface area contributed by atoms with E-state index in [1.54, 1.807) is 18.4 Å². The van der Waals surface area contributed by atoms with E-state index in [1.165, 1.54) is 15.8 Å². The number of methoxy groups -OCH3 is 1. The first-order chi connectivity index (χ1) is 15.7. The highest BCUT2D eigenvalue weighted by molar-refractivity contribution is 7.09. The number of aryl methyl sites for hydroxylation is 2. The molecule has 5 rings (SSSR count). The van der Waals surface area contributed by atoms with Crippen LogP contribution in [-0.4, -0.2) is 29.4 Å². The molecule has 0 aliphatic carbocycles. The van der Waals surface area contributed by atoms with Crippen LogP contribution in [0.4, 0.5) is 0 Å². The minimum atomic E-state index is -0.106. The van der Waals surface area contributed by atoms with Crippen molar-refractivity contribution in [3.8, 4) is 5.75 Å². The third-order valence-electron chi connectivity index (χ3n) is 6.48. The van der Waals surface area contributed by atoms with Crippen LogP contribution in [0.25, 0.3) is 10.9 Å². The summed E-state index contributed by atoms with van der Waals surface area (Å²) in [6, 6.07) is 18.8. The monoisotopic (exact) mass is 444 g/mol. The van der Waals surface area contributed by atoms with Gasteiger partial charge in [-0.1, -0.05) is 30.3 Å². The molecule has 1 aliphatic rings. The number of ether oxygens (including phenoxy) is 1. The number of aromatic amines is 1. The smallest absolute Gasteiger partial charge is 0.223 e. The molecule has 0 bridgehead atoms. The average molecular weight is 445 g/mol. The number of fused-ring (bicyclic) bond motifs is 3. The van der Waals surface area contributed by atoms with Gasteiger partial charge in [-0.3, -0.25) is 4.79 Å². The molecule has 0 unspecified atom stereocenters. The van der Waals surface area contributed by atoms with Crippen LogP contribution in [0.2, 0.25) is 0 Å². The number of aromatic nitrogens is 1. The van der Waals surface area contributed by atoms with Crippen molar-refractivity contribution in [2.24, 2.45) is 0 Å². The molecule has 4 aromatic rings. The summed E-state index contributed by atoms with van der Waals surface area (Å²) in [6.07, 6.45) is 3.28. The van der Waals surface area contributed by atoms with Gasteiger partial charge in [-0.15, -0.1) is 11.3 Å². The molecule has 1 amide bonds. The summed E-state index contributed by atoms with van der Waals surface area (Å²) >= 11 is 1.76. The lowest BCUT2D eigenvalue weighted by Crippen LogP contribution is -2.40. The van der Waals surface area contributed by atoms with Gasteiger partial charge in [0.05, 0.1) is 13.2 Å². The fourth-order valence-corrected chi connectivity index (χ4v) is 5.69. The molecular formula is C27H28N2O2S. The van der Waals surface area contributed by atoms with Gasteiger partial charge in [-0.2, -0.15) is 0 Å². The SMILES string of the molecule is COc1ccc([C@@H]2c3[nH]c4ccccc4c3CCN2C(=O)CCCc2cccs2)cc1C. The van der Waals surface area contributed by atoms with Crippen LogP contribution in [0, 0.1) is 6.92 Å². The van der Waals surface area contributed by atoms with Crippen molar-refractivity contribution in [1.29, 1.82) is 0 Å². The summed E-state index contributed by atoms with van der Waals surface area (Å²) in [5.41, 5.74) is 5.83. The fourth-order valence-electron chi connectivity index (χ4n) is 4.94. The zero-order valence-electron chi connectivity index (χ0n) is 18.6. The second-order valence-electron chi connectivity index (χ2n) is 8.46. The molecule has 0 saturated heterocycles. The number of carbonyl (C=O) groups is 1. The molecule has 32 heavy (non-hydrogen) atoms. The molecule has 0 radical (unpaired) electrons. The Hall–Kier alpha value is -3.05. The summed E-state index contributed by atoms with van der Waals surface area (Å²) in [6.45, 7) is 2.80. The van der Waals surface area contributed by atoms with Gasteiger partial charge in [-0.05, 0) is 72.5 Å². The van der Waals surface area contributed by atoms with E-state index >= 15 is 0 Å². The van der Waals surface area contributed by atoms with Gasteiger partial charge >= 0.3 is 0 Å². The molecule has 5 heteroatoms. The molecule has 4 nitrogen and oxygen atoms in total. The first-order valence-corrected chi connectivity index (χ1v) is 12.1. The number of H-pyrrole nitrogens is 1. The van der Waals surface area contributed by atoms with Crippen LogP contribution in [-0.2, 0) is 17.6 Å². The first kappa shape index (κ1) is 20.8. The van der Waals surface area contributed by atoms with Gasteiger partial charge < -0.3 is 14.6 Å². The van der Waals surface area contributed by atoms with Crippen LogP contribution in [0.3, 0.4) is 0 Å². The quantitative estimate of drug-likeness (QED) is 0.394. The van der Waals surface area contributed by atoms with E-state index in [1.807, 2.05) is 6.07 Å². The number of benzene rings is 2. The Kier molecular flexibility index (Phi) is 5.75. The molecule has 1 aliphatic heterocycles. The number of thiophene rings is 1. The van der Waals surface area contributed by atoms with Crippen molar-refractivity contribution in [2.45, 2.75) is 38.6 Å². The van der Waals surface area contributed by atoms with Gasteiger partial charge in [0.15, 0.2) is 0 Å². The van der Waals surface area contributed by atoms with Gasteiger partial charge in [-0.25, -0.2) is 0 Å². The van der Waals surface area contributed by atoms with Crippen LogP contribution < -0.4 is 4.74 Å². The van der Waals surface area contributed by atoms with Gasteiger partial charge in [0.1, 0.15) is 5.75 Å². The van der Waals surface area contributed by atoms with Crippen molar-refractivity contribution in [3.05, 3.63) is 87.2 Å². The highest BCUT2D eigenvalue weighted by atomic mass is 32.1. The number of carbonyl (C=O) groups excluding carboxylic acids is 1. The largest absolute Gasteiger partial charge is 0.496 e. The third kappa shape index (κ3) is 3.82. The normalized spacial score (nSPS) is 15.7. The van der Waals surface area contributed by atoms with Crippen LogP contribution >= 0.6 is 11.3 Å². The Morgan fingerprint density at radius 1 is 1.19 bits per heavy atom. The number of hydrogen-bond donors (Lipinski definition) is 1. The maximum absolute atomic E-state index is 13.4. The van der Waals surface area contributed by atoms with E-state index in [9.17, 15) is 4.79 Å². The number of amides is 1. The Labute approximate surface area is 192 Å². The number of hydrogen-bond acceptors (Lipinski definition) is 3. The summed E-state index contributed by atoms with van der Waals surface area (Å²) in [4.78, 5) is 20.5. The Bertz CT molecular complexity index is 1240. The highest BCUT2D eigenvalue weighted by Crippen LogP contribution is 2.39. The summed E-state index contributed by atoms with van der Waals surface area (Å²) in [5.74, 6) is 1.10. The Morgan fingerprint density at radius 2 is 2.06 bits per heavy atom. The average Bonchev–Trinajstić information content (AvgIpc) is 3.46. The fraction of sp³-hybridized carbons (Fsp3) is 0.296. The summed E-state index contributed by atoms with van der Waals surface area (Å²) < 4.78 is 5.48. The molecule has 164 valence electrons. The van der Waals surface area contributed by atoms with Gasteiger partial charge in [0.25, 0.3) is 0 Å². The van der Waals surface area contributed by atoms with Gasteiger partial charge in [0.2, 0.25) is 5.91 Å². The molecule has 2 aromatic heterocycles. The topological polar surface area (TPSA) is 45.3 Å². The van der Waals surface area contributed by atoms with Crippen molar-refractivity contribution < 1.29 is 9.53 Å². The predicted molar refractivity (Wildman–Crippen MR) is 131 cm³/mol. The highest BCUT2D eigenvalue weighted by Gasteiger charge is 2.34. The zero-order chi connectivity index (χ0) is 22.1. The lowest BCUT2D eigenvalue weighted by atomic mass is 9.91. The van der Waals surface area contributed by atoms with E-state index in [0.717, 1.165) is 53.9 Å². The third-order valence-corrected chi connectivity index (χ3v) is 7.42. The van der Waals surface area contributed by atoms with Crippen molar-refractivity contribution in [3.63, 3.8) is 0 Å². The molecule has 0 spiro atoms. The number of rotatable bonds is 6. The molecule has 0 saturated carbocycles. The van der Waals surface area contributed by atoms with E-state index in [0.29, 0.717) is 6.42 Å². The predicted octanol–water partition coefficient (Wildman–Crippen LogP) is 6.04.